The van der Waals surface area contributed by atoms with Crippen LogP contribution in [0.4, 0.5) is 0 Å². The SMILES string of the molecule is CCNC(=NCC1(c2cccc(Br)c2)CC1)NCCCN1CCOCC1.I. The zero-order valence-corrected chi connectivity index (χ0v) is 20.1. The molecule has 2 N–H and O–H groups in total. The highest BCUT2D eigenvalue weighted by atomic mass is 127. The maximum absolute atomic E-state index is 5.40. The maximum atomic E-state index is 5.40. The van der Waals surface area contributed by atoms with E-state index in [2.05, 4.69) is 62.7 Å². The van der Waals surface area contributed by atoms with Crippen LogP contribution in [-0.4, -0.2) is 63.3 Å². The Bertz CT molecular complexity index is 603. The number of benzene rings is 1. The Balaban J connectivity index is 0.00000261. The fourth-order valence-corrected chi connectivity index (χ4v) is 3.81. The van der Waals surface area contributed by atoms with E-state index in [9.17, 15) is 0 Å². The van der Waals surface area contributed by atoms with Crippen molar-refractivity contribution in [1.82, 2.24) is 15.5 Å². The number of hydrogen-bond donors (Lipinski definition) is 2. The Hall–Kier alpha value is -0.380. The molecule has 1 saturated heterocycles. The highest BCUT2D eigenvalue weighted by Crippen LogP contribution is 2.48. The van der Waals surface area contributed by atoms with Crippen LogP contribution in [0.15, 0.2) is 33.7 Å². The minimum Gasteiger partial charge on any atom is -0.379 e. The van der Waals surface area contributed by atoms with Crippen molar-refractivity contribution in [3.63, 3.8) is 0 Å². The third-order valence-electron chi connectivity index (χ3n) is 5.22. The van der Waals surface area contributed by atoms with Crippen LogP contribution < -0.4 is 10.6 Å². The third kappa shape index (κ3) is 7.18. The Kier molecular flexibility index (Phi) is 9.82. The van der Waals surface area contributed by atoms with Crippen molar-refractivity contribution in [2.45, 2.75) is 31.6 Å². The molecule has 2 aliphatic rings. The molecule has 0 bridgehead atoms. The summed E-state index contributed by atoms with van der Waals surface area (Å²) in [4.78, 5) is 7.36. The van der Waals surface area contributed by atoms with Crippen LogP contribution in [-0.2, 0) is 10.2 Å². The van der Waals surface area contributed by atoms with E-state index in [1.54, 1.807) is 0 Å². The van der Waals surface area contributed by atoms with Gasteiger partial charge in [-0.15, -0.1) is 24.0 Å². The van der Waals surface area contributed by atoms with E-state index >= 15 is 0 Å². The van der Waals surface area contributed by atoms with Crippen LogP contribution in [0.3, 0.4) is 0 Å². The van der Waals surface area contributed by atoms with E-state index in [1.165, 1.54) is 18.4 Å². The molecular weight excluding hydrogens is 519 g/mol. The van der Waals surface area contributed by atoms with Gasteiger partial charge in [0.2, 0.25) is 0 Å². The topological polar surface area (TPSA) is 48.9 Å². The number of guanidine groups is 1. The van der Waals surface area contributed by atoms with E-state index in [4.69, 9.17) is 9.73 Å². The number of aliphatic imine (C=N–C) groups is 1. The van der Waals surface area contributed by atoms with Crippen LogP contribution in [0.25, 0.3) is 0 Å². The molecule has 7 heteroatoms. The second kappa shape index (κ2) is 11.6. The number of nitrogens with zero attached hydrogens (tertiary/aromatic N) is 2. The Morgan fingerprint density at radius 3 is 2.70 bits per heavy atom. The largest absolute Gasteiger partial charge is 0.379 e. The first-order chi connectivity index (χ1) is 12.7. The van der Waals surface area contributed by atoms with Crippen molar-refractivity contribution in [3.8, 4) is 0 Å². The predicted octanol–water partition coefficient (Wildman–Crippen LogP) is 3.38. The molecule has 1 aliphatic carbocycles. The van der Waals surface area contributed by atoms with Gasteiger partial charge >= 0.3 is 0 Å². The van der Waals surface area contributed by atoms with Crippen LogP contribution in [0.1, 0.15) is 31.7 Å². The van der Waals surface area contributed by atoms with Crippen LogP contribution in [0, 0.1) is 0 Å². The number of morpholine rings is 1. The second-order valence-electron chi connectivity index (χ2n) is 7.22. The van der Waals surface area contributed by atoms with Crippen molar-refractivity contribution in [1.29, 1.82) is 0 Å². The molecule has 2 fully saturated rings. The summed E-state index contributed by atoms with van der Waals surface area (Å²) in [5.74, 6) is 0.941. The first-order valence-electron chi connectivity index (χ1n) is 9.80. The first kappa shape index (κ1) is 22.9. The molecule has 0 aromatic heterocycles. The Labute approximate surface area is 188 Å². The summed E-state index contributed by atoms with van der Waals surface area (Å²) in [5.41, 5.74) is 1.64. The van der Waals surface area contributed by atoms with Gasteiger partial charge in [-0.2, -0.15) is 0 Å². The summed E-state index contributed by atoms with van der Waals surface area (Å²) in [7, 11) is 0. The molecule has 3 rings (SSSR count). The summed E-state index contributed by atoms with van der Waals surface area (Å²) in [6.07, 6.45) is 3.58. The summed E-state index contributed by atoms with van der Waals surface area (Å²) in [6.45, 7) is 9.79. The van der Waals surface area contributed by atoms with Crippen molar-refractivity contribution in [3.05, 3.63) is 34.3 Å². The molecule has 1 aliphatic heterocycles. The molecular formula is C20H32BrIN4O. The van der Waals surface area contributed by atoms with Gasteiger partial charge in [-0.05, 0) is 50.4 Å². The summed E-state index contributed by atoms with van der Waals surface area (Å²) < 4.78 is 6.55. The van der Waals surface area contributed by atoms with Gasteiger partial charge in [-0.25, -0.2) is 0 Å². The molecule has 0 unspecified atom stereocenters. The average Bonchev–Trinajstić information content (AvgIpc) is 3.45. The van der Waals surface area contributed by atoms with E-state index in [-0.39, 0.29) is 29.4 Å². The first-order valence-corrected chi connectivity index (χ1v) is 10.6. The number of hydrogen-bond acceptors (Lipinski definition) is 3. The molecule has 1 aromatic carbocycles. The third-order valence-corrected chi connectivity index (χ3v) is 5.72. The lowest BCUT2D eigenvalue weighted by atomic mass is 9.96. The predicted molar refractivity (Wildman–Crippen MR) is 126 cm³/mol. The number of ether oxygens (including phenoxy) is 1. The molecule has 152 valence electrons. The van der Waals surface area contributed by atoms with Gasteiger partial charge in [-0.1, -0.05) is 28.1 Å². The van der Waals surface area contributed by atoms with Crippen LogP contribution in [0.5, 0.6) is 0 Å². The average molecular weight is 551 g/mol. The normalized spacial score (nSPS) is 19.3. The molecule has 0 spiro atoms. The number of rotatable bonds is 8. The smallest absolute Gasteiger partial charge is 0.191 e. The monoisotopic (exact) mass is 550 g/mol. The summed E-state index contributed by atoms with van der Waals surface area (Å²) >= 11 is 3.59. The van der Waals surface area contributed by atoms with Gasteiger partial charge in [0.05, 0.1) is 19.8 Å². The molecule has 1 aromatic rings. The van der Waals surface area contributed by atoms with E-state index in [1.807, 2.05) is 0 Å². The lowest BCUT2D eigenvalue weighted by Gasteiger charge is -2.26. The standard InChI is InChI=1S/C20H31BrN4O.HI/c1-2-22-19(23-9-4-10-25-11-13-26-14-12-25)24-16-20(7-8-20)17-5-3-6-18(21)15-17;/h3,5-6,15H,2,4,7-14,16H2,1H3,(H2,22,23,24);1H. The molecule has 5 nitrogen and oxygen atoms in total. The van der Waals surface area contributed by atoms with Crippen molar-refractivity contribution < 1.29 is 4.74 Å². The van der Waals surface area contributed by atoms with E-state index in [0.29, 0.717) is 0 Å². The van der Waals surface area contributed by atoms with Gasteiger partial charge in [-0.3, -0.25) is 9.89 Å². The molecule has 27 heavy (non-hydrogen) atoms. The molecule has 0 amide bonds. The molecule has 1 saturated carbocycles. The molecule has 0 atom stereocenters. The fourth-order valence-electron chi connectivity index (χ4n) is 3.41. The van der Waals surface area contributed by atoms with Gasteiger partial charge in [0.15, 0.2) is 5.96 Å². The summed E-state index contributed by atoms with van der Waals surface area (Å²) in [6, 6.07) is 8.68. The zero-order chi connectivity index (χ0) is 18.2. The lowest BCUT2D eigenvalue weighted by molar-refractivity contribution is 0.0376. The highest BCUT2D eigenvalue weighted by molar-refractivity contribution is 14.0. The number of halogens is 2. The maximum Gasteiger partial charge on any atom is 0.191 e. The van der Waals surface area contributed by atoms with E-state index in [0.717, 1.165) is 69.3 Å². The second-order valence-corrected chi connectivity index (χ2v) is 8.14. The lowest BCUT2D eigenvalue weighted by Crippen LogP contribution is -2.41. The van der Waals surface area contributed by atoms with Crippen molar-refractivity contribution in [2.24, 2.45) is 4.99 Å². The minimum absolute atomic E-state index is 0. The Morgan fingerprint density at radius 2 is 2.04 bits per heavy atom. The van der Waals surface area contributed by atoms with Crippen LogP contribution in [0.2, 0.25) is 0 Å². The van der Waals surface area contributed by atoms with Gasteiger partial charge in [0, 0.05) is 36.1 Å². The summed E-state index contributed by atoms with van der Waals surface area (Å²) in [5, 5.41) is 6.88. The van der Waals surface area contributed by atoms with Crippen molar-refractivity contribution in [2.75, 3.05) is 52.5 Å². The molecule has 1 heterocycles. The highest BCUT2D eigenvalue weighted by Gasteiger charge is 2.44. The van der Waals surface area contributed by atoms with Crippen molar-refractivity contribution >= 4 is 45.9 Å². The fraction of sp³-hybridized carbons (Fsp3) is 0.650. The van der Waals surface area contributed by atoms with Gasteiger partial charge in [0.25, 0.3) is 0 Å². The number of nitrogens with one attached hydrogen (secondary N) is 2. The zero-order valence-electron chi connectivity index (χ0n) is 16.2. The quantitative estimate of drug-likeness (QED) is 0.225. The Morgan fingerprint density at radius 1 is 1.26 bits per heavy atom. The van der Waals surface area contributed by atoms with Gasteiger partial charge in [0.1, 0.15) is 0 Å². The van der Waals surface area contributed by atoms with E-state index < -0.39 is 0 Å². The minimum atomic E-state index is 0. The molecule has 0 radical (unpaired) electrons. The van der Waals surface area contributed by atoms with Gasteiger partial charge < -0.3 is 15.4 Å². The van der Waals surface area contributed by atoms with Crippen LogP contribution >= 0.6 is 39.9 Å².